The Kier molecular flexibility index (Phi) is 3.42. The molecule has 0 radical (unpaired) electrons. The molecule has 24 heavy (non-hydrogen) atoms. The van der Waals surface area contributed by atoms with Crippen LogP contribution in [0.3, 0.4) is 0 Å². The summed E-state index contributed by atoms with van der Waals surface area (Å²) in [6.07, 6.45) is 6.39. The predicted molar refractivity (Wildman–Crippen MR) is 83.5 cm³/mol. The molecule has 1 saturated heterocycles. The fourth-order valence-electron chi connectivity index (χ4n) is 4.08. The highest BCUT2D eigenvalue weighted by atomic mass is 16.5. The number of hydrogen-bond acceptors (Lipinski definition) is 6. The van der Waals surface area contributed by atoms with Crippen molar-refractivity contribution in [2.24, 2.45) is 11.7 Å². The van der Waals surface area contributed by atoms with E-state index in [1.165, 1.54) is 4.90 Å². The van der Waals surface area contributed by atoms with Crippen LogP contribution in [0.5, 0.6) is 0 Å². The SMILES string of the molecule is CC1CCCCC12NC(=O)N(Cc1nc(C3(N)CCC3)no1)C2=O. The van der Waals surface area contributed by atoms with Crippen molar-refractivity contribution in [1.29, 1.82) is 0 Å². The third kappa shape index (κ3) is 2.16. The van der Waals surface area contributed by atoms with Crippen LogP contribution in [0.1, 0.15) is 63.6 Å². The van der Waals surface area contributed by atoms with Crippen LogP contribution in [0.2, 0.25) is 0 Å². The first kappa shape index (κ1) is 15.6. The maximum atomic E-state index is 12.9. The van der Waals surface area contributed by atoms with Crippen LogP contribution in [0.4, 0.5) is 4.79 Å². The molecule has 2 unspecified atom stereocenters. The Bertz CT molecular complexity index is 683. The minimum Gasteiger partial charge on any atom is -0.337 e. The Balaban J connectivity index is 1.52. The second-order valence-corrected chi connectivity index (χ2v) is 7.46. The van der Waals surface area contributed by atoms with E-state index < -0.39 is 11.1 Å². The smallest absolute Gasteiger partial charge is 0.325 e. The minimum absolute atomic E-state index is 0.00220. The molecule has 3 fully saturated rings. The molecule has 1 aliphatic heterocycles. The molecule has 2 aliphatic carbocycles. The number of carbonyl (C=O) groups is 2. The molecule has 2 atom stereocenters. The lowest BCUT2D eigenvalue weighted by atomic mass is 9.73. The van der Waals surface area contributed by atoms with Gasteiger partial charge in [-0.05, 0) is 38.0 Å². The highest BCUT2D eigenvalue weighted by Gasteiger charge is 2.55. The molecule has 8 heteroatoms. The Morgan fingerprint density at radius 2 is 2.08 bits per heavy atom. The van der Waals surface area contributed by atoms with Gasteiger partial charge in [-0.3, -0.25) is 9.69 Å². The van der Waals surface area contributed by atoms with Gasteiger partial charge in [0.1, 0.15) is 12.1 Å². The Hall–Kier alpha value is -1.96. The summed E-state index contributed by atoms with van der Waals surface area (Å²) in [7, 11) is 0. The highest BCUT2D eigenvalue weighted by molar-refractivity contribution is 6.07. The normalized spacial score (nSPS) is 32.1. The number of aromatic nitrogens is 2. The molecule has 8 nitrogen and oxygen atoms in total. The third-order valence-corrected chi connectivity index (χ3v) is 5.95. The van der Waals surface area contributed by atoms with Gasteiger partial charge in [0.05, 0.1) is 5.54 Å². The van der Waals surface area contributed by atoms with Crippen LogP contribution in [0.15, 0.2) is 4.52 Å². The van der Waals surface area contributed by atoms with E-state index >= 15 is 0 Å². The van der Waals surface area contributed by atoms with E-state index in [2.05, 4.69) is 15.5 Å². The molecule has 3 N–H and O–H groups in total. The molecule has 4 rings (SSSR count). The molecule has 3 aliphatic rings. The molecule has 0 bridgehead atoms. The van der Waals surface area contributed by atoms with Crippen LogP contribution >= 0.6 is 0 Å². The van der Waals surface area contributed by atoms with Crippen LogP contribution in [0, 0.1) is 5.92 Å². The summed E-state index contributed by atoms with van der Waals surface area (Å²) < 4.78 is 5.23. The molecular weight excluding hydrogens is 310 g/mol. The van der Waals surface area contributed by atoms with E-state index in [4.69, 9.17) is 10.3 Å². The Morgan fingerprint density at radius 3 is 2.75 bits per heavy atom. The summed E-state index contributed by atoms with van der Waals surface area (Å²) in [6.45, 7) is 2.03. The first-order valence-electron chi connectivity index (χ1n) is 8.71. The lowest BCUT2D eigenvalue weighted by Crippen LogP contribution is -2.53. The van der Waals surface area contributed by atoms with Crippen LogP contribution < -0.4 is 11.1 Å². The fourth-order valence-corrected chi connectivity index (χ4v) is 4.08. The van der Waals surface area contributed by atoms with Crippen LogP contribution in [-0.2, 0) is 16.9 Å². The number of hydrogen-bond donors (Lipinski definition) is 2. The maximum Gasteiger partial charge on any atom is 0.325 e. The lowest BCUT2D eigenvalue weighted by molar-refractivity contribution is -0.134. The van der Waals surface area contributed by atoms with Gasteiger partial charge >= 0.3 is 6.03 Å². The molecule has 3 amide bonds. The van der Waals surface area contributed by atoms with Crippen molar-refractivity contribution in [2.45, 2.75) is 69.5 Å². The van der Waals surface area contributed by atoms with Crippen LogP contribution in [0.25, 0.3) is 0 Å². The number of amides is 3. The first-order chi connectivity index (χ1) is 11.4. The first-order valence-corrected chi connectivity index (χ1v) is 8.71. The van der Waals surface area contributed by atoms with E-state index in [9.17, 15) is 9.59 Å². The largest absolute Gasteiger partial charge is 0.337 e. The minimum atomic E-state index is -0.763. The molecule has 130 valence electrons. The van der Waals surface area contributed by atoms with E-state index in [1.807, 2.05) is 6.92 Å². The zero-order valence-corrected chi connectivity index (χ0v) is 13.9. The number of carbonyl (C=O) groups excluding carboxylic acids is 2. The van der Waals surface area contributed by atoms with Gasteiger partial charge in [-0.2, -0.15) is 4.98 Å². The van der Waals surface area contributed by atoms with Gasteiger partial charge in [0.15, 0.2) is 5.82 Å². The van der Waals surface area contributed by atoms with Crippen molar-refractivity contribution in [1.82, 2.24) is 20.4 Å². The summed E-state index contributed by atoms with van der Waals surface area (Å²) in [5.41, 5.74) is 4.91. The van der Waals surface area contributed by atoms with Crippen molar-refractivity contribution in [2.75, 3.05) is 0 Å². The Labute approximate surface area is 140 Å². The quantitative estimate of drug-likeness (QED) is 0.808. The summed E-state index contributed by atoms with van der Waals surface area (Å²) in [5.74, 6) is 0.682. The lowest BCUT2D eigenvalue weighted by Gasteiger charge is -2.36. The van der Waals surface area contributed by atoms with E-state index in [-0.39, 0.29) is 30.3 Å². The number of rotatable bonds is 3. The number of nitrogens with one attached hydrogen (secondary N) is 1. The summed E-state index contributed by atoms with van der Waals surface area (Å²) >= 11 is 0. The fraction of sp³-hybridized carbons (Fsp3) is 0.750. The number of urea groups is 1. The monoisotopic (exact) mass is 333 g/mol. The second kappa shape index (κ2) is 5.27. The molecule has 2 heterocycles. The molecular formula is C16H23N5O3. The molecule has 2 saturated carbocycles. The second-order valence-electron chi connectivity index (χ2n) is 7.46. The van der Waals surface area contributed by atoms with E-state index in [1.54, 1.807) is 0 Å². The van der Waals surface area contributed by atoms with Crippen LogP contribution in [-0.4, -0.2) is 32.5 Å². The van der Waals surface area contributed by atoms with Gasteiger partial charge < -0.3 is 15.6 Å². The molecule has 1 aromatic heterocycles. The zero-order chi connectivity index (χ0) is 16.9. The summed E-state index contributed by atoms with van der Waals surface area (Å²) in [5, 5.41) is 6.86. The number of nitrogens with zero attached hydrogens (tertiary/aromatic N) is 3. The van der Waals surface area contributed by atoms with Gasteiger partial charge in [0.2, 0.25) is 5.89 Å². The topological polar surface area (TPSA) is 114 Å². The van der Waals surface area contributed by atoms with Crippen molar-refractivity contribution in [3.63, 3.8) is 0 Å². The number of imide groups is 1. The number of nitrogens with two attached hydrogens (primary N) is 1. The van der Waals surface area contributed by atoms with Gasteiger partial charge in [0, 0.05) is 0 Å². The molecule has 1 spiro atoms. The van der Waals surface area contributed by atoms with Crippen molar-refractivity contribution >= 4 is 11.9 Å². The molecule has 1 aromatic rings. The van der Waals surface area contributed by atoms with Crippen molar-refractivity contribution in [3.05, 3.63) is 11.7 Å². The van der Waals surface area contributed by atoms with E-state index in [0.29, 0.717) is 12.2 Å². The summed E-state index contributed by atoms with van der Waals surface area (Å²) in [4.78, 5) is 30.8. The zero-order valence-electron chi connectivity index (χ0n) is 13.9. The maximum absolute atomic E-state index is 12.9. The predicted octanol–water partition coefficient (Wildman–Crippen LogP) is 1.41. The third-order valence-electron chi connectivity index (χ3n) is 5.95. The Morgan fingerprint density at radius 1 is 1.29 bits per heavy atom. The van der Waals surface area contributed by atoms with Gasteiger partial charge in [-0.1, -0.05) is 24.9 Å². The van der Waals surface area contributed by atoms with Gasteiger partial charge in [0.25, 0.3) is 5.91 Å². The van der Waals surface area contributed by atoms with Crippen molar-refractivity contribution < 1.29 is 14.1 Å². The molecule has 0 aromatic carbocycles. The highest BCUT2D eigenvalue weighted by Crippen LogP contribution is 2.39. The van der Waals surface area contributed by atoms with Crippen molar-refractivity contribution in [3.8, 4) is 0 Å². The van der Waals surface area contributed by atoms with Gasteiger partial charge in [-0.15, -0.1) is 0 Å². The summed E-state index contributed by atoms with van der Waals surface area (Å²) in [6, 6.07) is -0.375. The van der Waals surface area contributed by atoms with Gasteiger partial charge in [-0.25, -0.2) is 4.79 Å². The average molecular weight is 333 g/mol. The van der Waals surface area contributed by atoms with E-state index in [0.717, 1.165) is 38.5 Å². The average Bonchev–Trinajstić information content (AvgIpc) is 3.08. The standard InChI is InChI=1S/C16H23N5O3/c1-10-5-2-3-8-16(10)13(22)21(14(23)19-16)9-11-18-12(20-24-11)15(17)6-4-7-15/h10H,2-9,17H2,1H3,(H,19,23).